The second-order valence-electron chi connectivity index (χ2n) is 5.87. The van der Waals surface area contributed by atoms with E-state index >= 15 is 0 Å². The average Bonchev–Trinajstić information content (AvgIpc) is 2.23. The number of aliphatic hydroxyl groups is 1. The number of hydrogen-bond acceptors (Lipinski definition) is 3. The molecule has 0 radical (unpaired) electrons. The van der Waals surface area contributed by atoms with Crippen molar-refractivity contribution >= 4 is 0 Å². The van der Waals surface area contributed by atoms with Crippen molar-refractivity contribution in [2.45, 2.75) is 59.6 Å². The molecule has 0 unspecified atom stereocenters. The summed E-state index contributed by atoms with van der Waals surface area (Å²) < 4.78 is 5.40. The molecule has 0 bridgehead atoms. The molecule has 0 aromatic carbocycles. The van der Waals surface area contributed by atoms with Crippen LogP contribution in [0.15, 0.2) is 0 Å². The van der Waals surface area contributed by atoms with Gasteiger partial charge in [-0.1, -0.05) is 27.7 Å². The predicted octanol–water partition coefficient (Wildman–Crippen LogP) is 2.43. The lowest BCUT2D eigenvalue weighted by molar-refractivity contribution is 0.0250. The molecule has 0 fully saturated rings. The Morgan fingerprint density at radius 2 is 1.59 bits per heavy atom. The van der Waals surface area contributed by atoms with Crippen LogP contribution in [0.2, 0.25) is 0 Å². The smallest absolute Gasteiger partial charge is 0.0897 e. The van der Waals surface area contributed by atoms with Crippen molar-refractivity contribution in [3.8, 4) is 0 Å². The van der Waals surface area contributed by atoms with Crippen LogP contribution >= 0.6 is 0 Å². The van der Waals surface area contributed by atoms with Gasteiger partial charge >= 0.3 is 0 Å². The average molecular weight is 245 g/mol. The molecular formula is C14H31NO2. The minimum Gasteiger partial charge on any atom is -0.389 e. The highest BCUT2D eigenvalue weighted by Gasteiger charge is 2.08. The summed E-state index contributed by atoms with van der Waals surface area (Å²) in [5.41, 5.74) is 0. The molecule has 0 saturated carbocycles. The summed E-state index contributed by atoms with van der Waals surface area (Å²) >= 11 is 0. The molecular weight excluding hydrogens is 214 g/mol. The van der Waals surface area contributed by atoms with Crippen molar-refractivity contribution in [2.24, 2.45) is 11.8 Å². The van der Waals surface area contributed by atoms with E-state index in [1.54, 1.807) is 0 Å². The standard InChI is InChI=1S/C14H31NO2/c1-11(2)6-7-13(5)15-8-14(16)10-17-9-12(3)4/h11-16H,6-10H2,1-5H3/t13-,14-/m0/s1. The second-order valence-corrected chi connectivity index (χ2v) is 5.87. The zero-order chi connectivity index (χ0) is 13.3. The Morgan fingerprint density at radius 3 is 2.12 bits per heavy atom. The van der Waals surface area contributed by atoms with E-state index in [0.717, 1.165) is 18.9 Å². The molecule has 17 heavy (non-hydrogen) atoms. The maximum absolute atomic E-state index is 9.70. The van der Waals surface area contributed by atoms with Crippen LogP contribution in [-0.4, -0.2) is 37.0 Å². The van der Waals surface area contributed by atoms with Crippen LogP contribution in [0.25, 0.3) is 0 Å². The van der Waals surface area contributed by atoms with Crippen molar-refractivity contribution in [2.75, 3.05) is 19.8 Å². The zero-order valence-corrected chi connectivity index (χ0v) is 12.2. The molecule has 0 aromatic heterocycles. The van der Waals surface area contributed by atoms with Gasteiger partial charge in [0.25, 0.3) is 0 Å². The normalized spacial score (nSPS) is 15.5. The summed E-state index contributed by atoms with van der Waals surface area (Å²) in [6.07, 6.45) is 2.00. The third-order valence-electron chi connectivity index (χ3n) is 2.64. The Hall–Kier alpha value is -0.120. The van der Waals surface area contributed by atoms with Crippen LogP contribution in [0.5, 0.6) is 0 Å². The molecule has 0 amide bonds. The van der Waals surface area contributed by atoms with E-state index in [-0.39, 0.29) is 0 Å². The number of nitrogens with one attached hydrogen (secondary N) is 1. The van der Waals surface area contributed by atoms with Crippen molar-refractivity contribution in [1.82, 2.24) is 5.32 Å². The first-order valence-corrected chi connectivity index (χ1v) is 6.91. The fourth-order valence-electron chi connectivity index (χ4n) is 1.52. The van der Waals surface area contributed by atoms with Crippen LogP contribution < -0.4 is 5.32 Å². The molecule has 0 saturated heterocycles. The van der Waals surface area contributed by atoms with E-state index in [2.05, 4.69) is 39.9 Å². The maximum Gasteiger partial charge on any atom is 0.0897 e. The molecule has 0 aliphatic carbocycles. The Labute approximate surface area is 107 Å². The van der Waals surface area contributed by atoms with E-state index in [4.69, 9.17) is 4.74 Å². The highest BCUT2D eigenvalue weighted by molar-refractivity contribution is 4.66. The third kappa shape index (κ3) is 12.1. The Kier molecular flexibility index (Phi) is 9.79. The number of ether oxygens (including phenoxy) is 1. The summed E-state index contributed by atoms with van der Waals surface area (Å²) in [7, 11) is 0. The van der Waals surface area contributed by atoms with Crippen LogP contribution in [-0.2, 0) is 4.74 Å². The molecule has 3 heteroatoms. The maximum atomic E-state index is 9.70. The van der Waals surface area contributed by atoms with Gasteiger partial charge < -0.3 is 15.2 Å². The molecule has 0 rings (SSSR count). The van der Waals surface area contributed by atoms with Gasteiger partial charge in [-0.3, -0.25) is 0 Å². The van der Waals surface area contributed by atoms with Gasteiger partial charge in [-0.05, 0) is 31.6 Å². The zero-order valence-electron chi connectivity index (χ0n) is 12.2. The predicted molar refractivity (Wildman–Crippen MR) is 73.2 cm³/mol. The molecule has 0 aliphatic rings. The minimum atomic E-state index is -0.393. The quantitative estimate of drug-likeness (QED) is 0.621. The van der Waals surface area contributed by atoms with Gasteiger partial charge in [-0.15, -0.1) is 0 Å². The lowest BCUT2D eigenvalue weighted by Gasteiger charge is -2.18. The summed E-state index contributed by atoms with van der Waals surface area (Å²) in [4.78, 5) is 0. The first-order valence-electron chi connectivity index (χ1n) is 6.91. The van der Waals surface area contributed by atoms with Gasteiger partial charge in [0.15, 0.2) is 0 Å². The fraction of sp³-hybridized carbons (Fsp3) is 1.00. The van der Waals surface area contributed by atoms with Crippen LogP contribution in [0, 0.1) is 11.8 Å². The van der Waals surface area contributed by atoms with Gasteiger partial charge in [-0.25, -0.2) is 0 Å². The molecule has 3 nitrogen and oxygen atoms in total. The van der Waals surface area contributed by atoms with Crippen molar-refractivity contribution < 1.29 is 9.84 Å². The largest absolute Gasteiger partial charge is 0.389 e. The second kappa shape index (κ2) is 9.86. The first kappa shape index (κ1) is 16.9. The Balaban J connectivity index is 3.45. The highest BCUT2D eigenvalue weighted by atomic mass is 16.5. The van der Waals surface area contributed by atoms with E-state index < -0.39 is 6.10 Å². The first-order chi connectivity index (χ1) is 7.91. The summed E-state index contributed by atoms with van der Waals surface area (Å²) in [5.74, 6) is 1.28. The van der Waals surface area contributed by atoms with Gasteiger partial charge in [0, 0.05) is 19.2 Å². The molecule has 0 spiro atoms. The number of rotatable bonds is 10. The monoisotopic (exact) mass is 245 g/mol. The lowest BCUT2D eigenvalue weighted by Crippen LogP contribution is -2.36. The molecule has 104 valence electrons. The van der Waals surface area contributed by atoms with E-state index in [9.17, 15) is 5.11 Å². The number of aliphatic hydroxyl groups excluding tert-OH is 1. The Morgan fingerprint density at radius 1 is 0.941 bits per heavy atom. The topological polar surface area (TPSA) is 41.5 Å². The van der Waals surface area contributed by atoms with Gasteiger partial charge in [0.2, 0.25) is 0 Å². The van der Waals surface area contributed by atoms with Crippen molar-refractivity contribution in [3.05, 3.63) is 0 Å². The fourth-order valence-corrected chi connectivity index (χ4v) is 1.52. The molecule has 2 atom stereocenters. The van der Waals surface area contributed by atoms with Crippen LogP contribution in [0.1, 0.15) is 47.5 Å². The van der Waals surface area contributed by atoms with Crippen LogP contribution in [0.3, 0.4) is 0 Å². The highest BCUT2D eigenvalue weighted by Crippen LogP contribution is 2.06. The Bertz CT molecular complexity index is 172. The summed E-state index contributed by atoms with van der Waals surface area (Å²) in [6.45, 7) is 12.6. The van der Waals surface area contributed by atoms with Crippen LogP contribution in [0.4, 0.5) is 0 Å². The van der Waals surface area contributed by atoms with E-state index in [1.807, 2.05) is 0 Å². The van der Waals surface area contributed by atoms with E-state index in [0.29, 0.717) is 25.1 Å². The molecule has 0 heterocycles. The van der Waals surface area contributed by atoms with Crippen molar-refractivity contribution in [3.63, 3.8) is 0 Å². The minimum absolute atomic E-state index is 0.393. The lowest BCUT2D eigenvalue weighted by atomic mass is 10.0. The van der Waals surface area contributed by atoms with E-state index in [1.165, 1.54) is 6.42 Å². The SMILES string of the molecule is CC(C)CC[C@H](C)NC[C@H](O)COCC(C)C. The van der Waals surface area contributed by atoms with Gasteiger partial charge in [0.05, 0.1) is 12.7 Å². The number of hydrogen-bond donors (Lipinski definition) is 2. The van der Waals surface area contributed by atoms with Gasteiger partial charge in [0.1, 0.15) is 0 Å². The molecule has 0 aliphatic heterocycles. The van der Waals surface area contributed by atoms with Gasteiger partial charge in [-0.2, -0.15) is 0 Å². The molecule has 0 aromatic rings. The summed E-state index contributed by atoms with van der Waals surface area (Å²) in [6, 6.07) is 0.470. The third-order valence-corrected chi connectivity index (χ3v) is 2.64. The molecule has 2 N–H and O–H groups in total. The van der Waals surface area contributed by atoms with Crippen molar-refractivity contribution in [1.29, 1.82) is 0 Å². The summed E-state index contributed by atoms with van der Waals surface area (Å²) in [5, 5.41) is 13.0.